The molecular formula is C13H21NS. The van der Waals surface area contributed by atoms with Crippen molar-refractivity contribution in [2.45, 2.75) is 45.4 Å². The first kappa shape index (κ1) is 12.4. The average molecular weight is 223 g/mol. The van der Waals surface area contributed by atoms with Crippen LogP contribution in [-0.4, -0.2) is 0 Å². The first-order valence-corrected chi connectivity index (χ1v) is 6.30. The molecule has 2 heteroatoms. The van der Waals surface area contributed by atoms with Gasteiger partial charge in [-0.15, -0.1) is 0 Å². The van der Waals surface area contributed by atoms with Gasteiger partial charge in [-0.2, -0.15) is 0 Å². The molecule has 0 amide bonds. The van der Waals surface area contributed by atoms with Gasteiger partial charge in [0.15, 0.2) is 0 Å². The van der Waals surface area contributed by atoms with E-state index in [1.807, 2.05) is 0 Å². The first-order chi connectivity index (χ1) is 7.36. The second-order valence-corrected chi connectivity index (χ2v) is 4.20. The maximum atomic E-state index is 4.00. The molecule has 1 aromatic rings. The smallest absolute Gasteiger partial charge is 0.0438 e. The van der Waals surface area contributed by atoms with Gasteiger partial charge in [0.05, 0.1) is 0 Å². The molecule has 0 saturated carbocycles. The van der Waals surface area contributed by atoms with Gasteiger partial charge in [0.1, 0.15) is 0 Å². The molecule has 1 rings (SSSR count). The molecule has 0 spiro atoms. The normalized spacial score (nSPS) is 10.3. The van der Waals surface area contributed by atoms with Crippen LogP contribution >= 0.6 is 12.8 Å². The Balaban J connectivity index is 2.20. The van der Waals surface area contributed by atoms with E-state index in [1.54, 1.807) is 0 Å². The van der Waals surface area contributed by atoms with E-state index in [1.165, 1.54) is 44.1 Å². The van der Waals surface area contributed by atoms with Crippen LogP contribution in [0.3, 0.4) is 0 Å². The number of thiol groups is 1. The van der Waals surface area contributed by atoms with Crippen LogP contribution < -0.4 is 4.72 Å². The molecular weight excluding hydrogens is 202 g/mol. The lowest BCUT2D eigenvalue weighted by Crippen LogP contribution is -1.87. The molecule has 0 fully saturated rings. The minimum absolute atomic E-state index is 1.06. The zero-order chi connectivity index (χ0) is 10.9. The van der Waals surface area contributed by atoms with Crippen molar-refractivity contribution in [3.8, 4) is 0 Å². The molecule has 0 radical (unpaired) electrons. The topological polar surface area (TPSA) is 12.0 Å². The first-order valence-electron chi connectivity index (χ1n) is 5.86. The van der Waals surface area contributed by atoms with Gasteiger partial charge >= 0.3 is 0 Å². The molecule has 84 valence electrons. The fourth-order valence-electron chi connectivity index (χ4n) is 1.68. The van der Waals surface area contributed by atoms with Gasteiger partial charge in [-0.25, -0.2) is 0 Å². The van der Waals surface area contributed by atoms with Crippen molar-refractivity contribution in [3.05, 3.63) is 29.8 Å². The molecule has 0 saturated heterocycles. The Morgan fingerprint density at radius 2 is 1.67 bits per heavy atom. The number of rotatable bonds is 7. The summed E-state index contributed by atoms with van der Waals surface area (Å²) in [7, 11) is 0. The van der Waals surface area contributed by atoms with Crippen molar-refractivity contribution in [3.63, 3.8) is 0 Å². The lowest BCUT2D eigenvalue weighted by atomic mass is 10.1. The van der Waals surface area contributed by atoms with E-state index in [9.17, 15) is 0 Å². The van der Waals surface area contributed by atoms with E-state index in [0.717, 1.165) is 5.69 Å². The molecule has 1 N–H and O–H groups in total. The van der Waals surface area contributed by atoms with Crippen molar-refractivity contribution in [2.24, 2.45) is 0 Å². The van der Waals surface area contributed by atoms with Crippen LogP contribution in [-0.2, 0) is 6.42 Å². The summed E-state index contributed by atoms with van der Waals surface area (Å²) in [6, 6.07) is 8.51. The number of hydrogen-bond donors (Lipinski definition) is 2. The summed E-state index contributed by atoms with van der Waals surface area (Å²) >= 11 is 4.00. The van der Waals surface area contributed by atoms with E-state index < -0.39 is 0 Å². The third-order valence-electron chi connectivity index (χ3n) is 2.65. The molecule has 0 atom stereocenters. The van der Waals surface area contributed by atoms with Crippen molar-refractivity contribution in [1.29, 1.82) is 0 Å². The van der Waals surface area contributed by atoms with Gasteiger partial charge < -0.3 is 4.72 Å². The zero-order valence-electron chi connectivity index (χ0n) is 9.50. The summed E-state index contributed by atoms with van der Waals surface area (Å²) < 4.78 is 2.83. The SMILES string of the molecule is CCCCCCCc1ccc(NS)cc1. The van der Waals surface area contributed by atoms with Gasteiger partial charge in [0, 0.05) is 5.69 Å². The van der Waals surface area contributed by atoms with Crippen LogP contribution in [0.25, 0.3) is 0 Å². The van der Waals surface area contributed by atoms with Crippen molar-refractivity contribution in [1.82, 2.24) is 0 Å². The number of hydrogen-bond acceptors (Lipinski definition) is 2. The highest BCUT2D eigenvalue weighted by Crippen LogP contribution is 2.13. The van der Waals surface area contributed by atoms with Gasteiger partial charge in [0.25, 0.3) is 0 Å². The molecule has 0 unspecified atom stereocenters. The molecule has 0 aliphatic rings. The minimum Gasteiger partial charge on any atom is -0.332 e. The monoisotopic (exact) mass is 223 g/mol. The summed E-state index contributed by atoms with van der Waals surface area (Å²) in [4.78, 5) is 0. The van der Waals surface area contributed by atoms with E-state index in [4.69, 9.17) is 0 Å². The standard InChI is InChI=1S/C13H21NS/c1-2-3-4-5-6-7-12-8-10-13(14-15)11-9-12/h8-11,14-15H,2-7H2,1H3. The second-order valence-electron chi connectivity index (χ2n) is 3.97. The predicted octanol–water partition coefficient (Wildman–Crippen LogP) is 4.46. The van der Waals surface area contributed by atoms with Crippen molar-refractivity contribution in [2.75, 3.05) is 4.72 Å². The van der Waals surface area contributed by atoms with Crippen LogP contribution in [0.15, 0.2) is 24.3 Å². The molecule has 0 heterocycles. The number of benzene rings is 1. The van der Waals surface area contributed by atoms with E-state index >= 15 is 0 Å². The zero-order valence-corrected chi connectivity index (χ0v) is 10.4. The molecule has 0 aliphatic carbocycles. The Morgan fingerprint density at radius 1 is 1.00 bits per heavy atom. The van der Waals surface area contributed by atoms with Gasteiger partial charge in [0.2, 0.25) is 0 Å². The highest BCUT2D eigenvalue weighted by Gasteiger charge is 1.94. The molecule has 1 nitrogen and oxygen atoms in total. The van der Waals surface area contributed by atoms with Gasteiger partial charge in [-0.05, 0) is 30.5 Å². The van der Waals surface area contributed by atoms with E-state index in [2.05, 4.69) is 48.7 Å². The minimum atomic E-state index is 1.06. The van der Waals surface area contributed by atoms with Crippen LogP contribution in [0.4, 0.5) is 5.69 Å². The van der Waals surface area contributed by atoms with Crippen LogP contribution in [0.1, 0.15) is 44.6 Å². The predicted molar refractivity (Wildman–Crippen MR) is 71.5 cm³/mol. The fourth-order valence-corrected chi connectivity index (χ4v) is 1.83. The quantitative estimate of drug-likeness (QED) is 0.514. The van der Waals surface area contributed by atoms with Crippen molar-refractivity contribution >= 4 is 18.5 Å². The third-order valence-corrected chi connectivity index (χ3v) is 2.91. The Morgan fingerprint density at radius 3 is 2.27 bits per heavy atom. The molecule has 0 aromatic heterocycles. The number of anilines is 1. The number of aryl methyl sites for hydroxylation is 1. The largest absolute Gasteiger partial charge is 0.332 e. The third kappa shape index (κ3) is 5.12. The highest BCUT2D eigenvalue weighted by atomic mass is 32.1. The van der Waals surface area contributed by atoms with E-state index in [0.29, 0.717) is 0 Å². The maximum Gasteiger partial charge on any atom is 0.0438 e. The highest BCUT2D eigenvalue weighted by molar-refractivity contribution is 7.81. The molecule has 1 aromatic carbocycles. The number of unbranched alkanes of at least 4 members (excludes halogenated alkanes) is 4. The Bertz CT molecular complexity index is 256. The molecule has 15 heavy (non-hydrogen) atoms. The summed E-state index contributed by atoms with van der Waals surface area (Å²) in [5, 5.41) is 0. The van der Waals surface area contributed by atoms with Crippen LogP contribution in [0, 0.1) is 0 Å². The van der Waals surface area contributed by atoms with Crippen LogP contribution in [0.2, 0.25) is 0 Å². The Labute approximate surface area is 98.8 Å². The summed E-state index contributed by atoms with van der Waals surface area (Å²) in [6.45, 7) is 2.25. The lowest BCUT2D eigenvalue weighted by Gasteiger charge is -2.03. The second kappa shape index (κ2) is 7.63. The maximum absolute atomic E-state index is 4.00. The van der Waals surface area contributed by atoms with Crippen LogP contribution in [0.5, 0.6) is 0 Å². The lowest BCUT2D eigenvalue weighted by molar-refractivity contribution is 0.632. The van der Waals surface area contributed by atoms with Gasteiger partial charge in [-0.3, -0.25) is 0 Å². The summed E-state index contributed by atoms with van der Waals surface area (Å²) in [5.74, 6) is 0. The summed E-state index contributed by atoms with van der Waals surface area (Å²) in [6.07, 6.45) is 7.96. The van der Waals surface area contributed by atoms with Crippen molar-refractivity contribution < 1.29 is 0 Å². The Kier molecular flexibility index (Phi) is 6.33. The average Bonchev–Trinajstić information content (AvgIpc) is 2.30. The Hall–Kier alpha value is -0.630. The van der Waals surface area contributed by atoms with E-state index in [-0.39, 0.29) is 0 Å². The number of nitrogens with one attached hydrogen (secondary N) is 1. The van der Waals surface area contributed by atoms with Gasteiger partial charge in [-0.1, -0.05) is 57.6 Å². The molecule has 0 bridgehead atoms. The summed E-state index contributed by atoms with van der Waals surface area (Å²) in [5.41, 5.74) is 2.49. The molecule has 0 aliphatic heterocycles. The fraction of sp³-hybridized carbons (Fsp3) is 0.538.